The second-order valence-corrected chi connectivity index (χ2v) is 6.82. The number of carbonyl (C=O) groups excluding carboxylic acids is 1. The van der Waals surface area contributed by atoms with Gasteiger partial charge in [-0.15, -0.1) is 0 Å². The number of benzene rings is 1. The van der Waals surface area contributed by atoms with E-state index < -0.39 is 0 Å². The Labute approximate surface area is 127 Å². The first-order valence-electron chi connectivity index (χ1n) is 7.25. The summed E-state index contributed by atoms with van der Waals surface area (Å²) >= 11 is 1.79. The van der Waals surface area contributed by atoms with E-state index in [1.54, 1.807) is 17.8 Å². The first-order valence-corrected chi connectivity index (χ1v) is 8.30. The molecule has 4 nitrogen and oxygen atoms in total. The Morgan fingerprint density at radius 1 is 1.29 bits per heavy atom. The van der Waals surface area contributed by atoms with Crippen LogP contribution in [0.2, 0.25) is 0 Å². The molecule has 0 amide bonds. The van der Waals surface area contributed by atoms with Crippen molar-refractivity contribution in [2.24, 2.45) is 0 Å². The van der Waals surface area contributed by atoms with Crippen LogP contribution in [0.4, 0.5) is 0 Å². The summed E-state index contributed by atoms with van der Waals surface area (Å²) in [6, 6.07) is 5.65. The number of hydrogen-bond acceptors (Lipinski definition) is 4. The number of aromatic nitrogens is 2. The molecule has 0 atom stereocenters. The molecule has 1 aliphatic rings. The molecule has 0 bridgehead atoms. The van der Waals surface area contributed by atoms with Gasteiger partial charge in [0.15, 0.2) is 0 Å². The molecular weight excluding hydrogens is 284 g/mol. The summed E-state index contributed by atoms with van der Waals surface area (Å²) in [6.45, 7) is 1.97. The van der Waals surface area contributed by atoms with E-state index in [9.17, 15) is 9.59 Å². The predicted octanol–water partition coefficient (Wildman–Crippen LogP) is 2.98. The van der Waals surface area contributed by atoms with E-state index in [2.05, 4.69) is 9.97 Å². The Kier molecular flexibility index (Phi) is 4.10. The fraction of sp³-hybridized carbons (Fsp3) is 0.438. The molecule has 1 N–H and O–H groups in total. The topological polar surface area (TPSA) is 62.8 Å². The fourth-order valence-corrected chi connectivity index (χ4v) is 3.80. The zero-order valence-corrected chi connectivity index (χ0v) is 12.8. The monoisotopic (exact) mass is 302 g/mol. The van der Waals surface area contributed by atoms with Gasteiger partial charge in [0.05, 0.1) is 16.7 Å². The highest BCUT2D eigenvalue weighted by Crippen LogP contribution is 2.28. The Morgan fingerprint density at radius 3 is 2.81 bits per heavy atom. The fourth-order valence-electron chi connectivity index (χ4n) is 2.70. The van der Waals surface area contributed by atoms with Crippen LogP contribution >= 0.6 is 11.8 Å². The highest BCUT2D eigenvalue weighted by molar-refractivity contribution is 7.99. The molecule has 0 aliphatic heterocycles. The quantitative estimate of drug-likeness (QED) is 0.946. The third-order valence-electron chi connectivity index (χ3n) is 3.93. The third-order valence-corrected chi connectivity index (χ3v) is 5.32. The molecule has 21 heavy (non-hydrogen) atoms. The van der Waals surface area contributed by atoms with Crippen molar-refractivity contribution in [3.8, 4) is 0 Å². The Bertz CT molecular complexity index is 729. The lowest BCUT2D eigenvalue weighted by Gasteiger charge is -2.20. The summed E-state index contributed by atoms with van der Waals surface area (Å²) in [7, 11) is 0. The molecule has 5 heteroatoms. The molecule has 0 saturated heterocycles. The summed E-state index contributed by atoms with van der Waals surface area (Å²) in [5.41, 5.74) is 1.74. The highest BCUT2D eigenvalue weighted by atomic mass is 32.2. The van der Waals surface area contributed by atoms with Crippen LogP contribution in [0, 0.1) is 6.92 Å². The van der Waals surface area contributed by atoms with Gasteiger partial charge < -0.3 is 4.98 Å². The first kappa shape index (κ1) is 14.3. The van der Waals surface area contributed by atoms with Crippen LogP contribution in [0.5, 0.6) is 0 Å². The van der Waals surface area contributed by atoms with Crippen molar-refractivity contribution in [2.45, 2.75) is 43.6 Å². The van der Waals surface area contributed by atoms with Crippen LogP contribution in [0.25, 0.3) is 10.9 Å². The van der Waals surface area contributed by atoms with Crippen molar-refractivity contribution in [3.63, 3.8) is 0 Å². The van der Waals surface area contributed by atoms with E-state index in [4.69, 9.17) is 0 Å². The molecule has 1 fully saturated rings. The van der Waals surface area contributed by atoms with Gasteiger partial charge in [0.25, 0.3) is 5.56 Å². The number of para-hydroxylation sites is 1. The molecular formula is C16H18N2O2S. The van der Waals surface area contributed by atoms with Crippen LogP contribution in [-0.4, -0.2) is 21.0 Å². The van der Waals surface area contributed by atoms with E-state index in [-0.39, 0.29) is 5.56 Å². The number of H-pyrrole nitrogens is 1. The molecule has 1 saturated carbocycles. The highest BCUT2D eigenvalue weighted by Gasteiger charge is 2.19. The molecule has 3 rings (SSSR count). The van der Waals surface area contributed by atoms with Gasteiger partial charge in [-0.25, -0.2) is 4.98 Å². The van der Waals surface area contributed by atoms with Crippen LogP contribution < -0.4 is 5.56 Å². The van der Waals surface area contributed by atoms with E-state index in [0.29, 0.717) is 35.0 Å². The van der Waals surface area contributed by atoms with Gasteiger partial charge in [-0.05, 0) is 31.4 Å². The lowest BCUT2D eigenvalue weighted by atomic mass is 9.99. The minimum absolute atomic E-state index is 0.0712. The molecule has 0 spiro atoms. The number of carbonyl (C=O) groups is 1. The maximum Gasteiger partial charge on any atom is 0.258 e. The zero-order chi connectivity index (χ0) is 14.8. The number of thioether (sulfide) groups is 1. The van der Waals surface area contributed by atoms with Gasteiger partial charge in [-0.3, -0.25) is 9.59 Å². The second kappa shape index (κ2) is 6.02. The average Bonchev–Trinajstić information content (AvgIpc) is 2.48. The van der Waals surface area contributed by atoms with E-state index in [1.165, 1.54) is 0 Å². The molecule has 1 heterocycles. The molecule has 1 aliphatic carbocycles. The number of Topliss-reactive ketones (excluding diaryl/α,β-unsaturated/α-hetero) is 1. The summed E-state index contributed by atoms with van der Waals surface area (Å²) < 4.78 is 0. The maximum atomic E-state index is 12.1. The summed E-state index contributed by atoms with van der Waals surface area (Å²) in [5.74, 6) is 1.79. The number of hydrogen-bond donors (Lipinski definition) is 1. The molecule has 0 unspecified atom stereocenters. The minimum Gasteiger partial charge on any atom is -0.309 e. The number of ketones is 1. The third kappa shape index (κ3) is 3.18. The van der Waals surface area contributed by atoms with Crippen LogP contribution in [0.3, 0.4) is 0 Å². The lowest BCUT2D eigenvalue weighted by molar-refractivity contribution is -0.120. The average molecular weight is 302 g/mol. The minimum atomic E-state index is -0.0712. The number of nitrogens with zero attached hydrogens (tertiary/aromatic N) is 1. The van der Waals surface area contributed by atoms with Gasteiger partial charge in [0, 0.05) is 18.1 Å². The van der Waals surface area contributed by atoms with Crippen molar-refractivity contribution >= 4 is 28.4 Å². The normalized spacial score (nSPS) is 16.5. The first-order chi connectivity index (χ1) is 10.1. The van der Waals surface area contributed by atoms with Gasteiger partial charge in [0.1, 0.15) is 11.6 Å². The number of aromatic amines is 1. The number of nitrogens with one attached hydrogen (secondary N) is 1. The number of aryl methyl sites for hydroxylation is 1. The van der Waals surface area contributed by atoms with Crippen LogP contribution in [-0.2, 0) is 10.5 Å². The maximum absolute atomic E-state index is 12.1. The van der Waals surface area contributed by atoms with Crippen LogP contribution in [0.1, 0.15) is 37.1 Å². The molecule has 2 aromatic rings. The molecule has 1 aromatic carbocycles. The Morgan fingerprint density at radius 2 is 2.05 bits per heavy atom. The largest absolute Gasteiger partial charge is 0.309 e. The number of fused-ring (bicyclic) bond motifs is 1. The zero-order valence-electron chi connectivity index (χ0n) is 12.0. The van der Waals surface area contributed by atoms with Crippen molar-refractivity contribution in [2.75, 3.05) is 0 Å². The summed E-state index contributed by atoms with van der Waals surface area (Å²) in [6.07, 6.45) is 3.28. The molecule has 1 aromatic heterocycles. The summed E-state index contributed by atoms with van der Waals surface area (Å²) in [5, 5.41) is 1.15. The van der Waals surface area contributed by atoms with Crippen molar-refractivity contribution in [1.29, 1.82) is 0 Å². The summed E-state index contributed by atoms with van der Waals surface area (Å²) in [4.78, 5) is 30.8. The van der Waals surface area contributed by atoms with E-state index >= 15 is 0 Å². The SMILES string of the molecule is Cc1cccc2c(=O)[nH]c(CSC3CCC(=O)CC3)nc12. The predicted molar refractivity (Wildman–Crippen MR) is 85.7 cm³/mol. The van der Waals surface area contributed by atoms with Gasteiger partial charge >= 0.3 is 0 Å². The lowest BCUT2D eigenvalue weighted by Crippen LogP contribution is -2.17. The van der Waals surface area contributed by atoms with E-state index in [0.717, 1.165) is 29.7 Å². The second-order valence-electron chi connectivity index (χ2n) is 5.53. The van der Waals surface area contributed by atoms with Crippen LogP contribution in [0.15, 0.2) is 23.0 Å². The standard InChI is InChI=1S/C16H18N2O2S/c1-10-3-2-4-13-15(10)17-14(18-16(13)20)9-21-12-7-5-11(19)6-8-12/h2-4,12H,5-9H2,1H3,(H,17,18,20). The van der Waals surface area contributed by atoms with Gasteiger partial charge in [-0.2, -0.15) is 11.8 Å². The number of rotatable bonds is 3. The van der Waals surface area contributed by atoms with Crippen molar-refractivity contribution < 1.29 is 4.79 Å². The van der Waals surface area contributed by atoms with Gasteiger partial charge in [-0.1, -0.05) is 12.1 Å². The van der Waals surface area contributed by atoms with Crippen molar-refractivity contribution in [3.05, 3.63) is 39.9 Å². The van der Waals surface area contributed by atoms with E-state index in [1.807, 2.05) is 19.1 Å². The Hall–Kier alpha value is -1.62. The molecule has 110 valence electrons. The Balaban J connectivity index is 1.77. The van der Waals surface area contributed by atoms with Gasteiger partial charge in [0.2, 0.25) is 0 Å². The van der Waals surface area contributed by atoms with Crippen molar-refractivity contribution in [1.82, 2.24) is 9.97 Å². The molecule has 0 radical (unpaired) electrons. The smallest absolute Gasteiger partial charge is 0.258 e.